The number of piperazine rings is 1. The molecule has 1 N–H and O–H groups in total. The molecule has 6 nitrogen and oxygen atoms in total. The number of rotatable bonds is 4. The van der Waals surface area contributed by atoms with Crippen molar-refractivity contribution in [3.63, 3.8) is 0 Å². The van der Waals surface area contributed by atoms with E-state index < -0.39 is 0 Å². The topological polar surface area (TPSA) is 69.7 Å². The van der Waals surface area contributed by atoms with Gasteiger partial charge in [0.05, 0.1) is 6.54 Å². The highest BCUT2D eigenvalue weighted by molar-refractivity contribution is 6.07. The second-order valence-corrected chi connectivity index (χ2v) is 6.12. The normalized spacial score (nSPS) is 14.2. The van der Waals surface area contributed by atoms with E-state index in [9.17, 15) is 14.4 Å². The fourth-order valence-electron chi connectivity index (χ4n) is 3.09. The van der Waals surface area contributed by atoms with E-state index in [-0.39, 0.29) is 24.3 Å². The van der Waals surface area contributed by atoms with Crippen LogP contribution in [-0.4, -0.2) is 60.2 Å². The molecule has 1 heterocycles. The van der Waals surface area contributed by atoms with Crippen LogP contribution in [0.2, 0.25) is 0 Å². The molecule has 0 aliphatic carbocycles. The van der Waals surface area contributed by atoms with Crippen LogP contribution in [0.1, 0.15) is 10.4 Å². The summed E-state index contributed by atoms with van der Waals surface area (Å²) in [6.07, 6.45) is 1.13. The van der Waals surface area contributed by atoms with Gasteiger partial charge in [0.1, 0.15) is 0 Å². The van der Waals surface area contributed by atoms with Crippen molar-refractivity contribution in [2.75, 3.05) is 32.7 Å². The summed E-state index contributed by atoms with van der Waals surface area (Å²) in [4.78, 5) is 39.6. The van der Waals surface area contributed by atoms with Crippen molar-refractivity contribution >= 4 is 28.5 Å². The third-order valence-corrected chi connectivity index (χ3v) is 4.54. The average Bonchev–Trinajstić information content (AvgIpc) is 2.70. The minimum Gasteiger partial charge on any atom is -0.343 e. The van der Waals surface area contributed by atoms with Gasteiger partial charge in [-0.3, -0.25) is 14.4 Å². The van der Waals surface area contributed by atoms with Gasteiger partial charge >= 0.3 is 0 Å². The summed E-state index contributed by atoms with van der Waals surface area (Å²) >= 11 is 0. The van der Waals surface area contributed by atoms with E-state index in [1.807, 2.05) is 42.5 Å². The lowest BCUT2D eigenvalue weighted by Crippen LogP contribution is -2.52. The number of amides is 3. The highest BCUT2D eigenvalue weighted by Gasteiger charge is 2.25. The third-order valence-electron chi connectivity index (χ3n) is 4.54. The van der Waals surface area contributed by atoms with E-state index in [1.54, 1.807) is 9.80 Å². The standard InChI is InChI=1S/C20H21N3O3/c1-2-18(24)21-14-19(25)22-10-12-23(13-11-22)20(26)17-9-5-7-15-6-3-4-8-16(15)17/h2-9H,1,10-14H2,(H,21,24). The molecule has 1 aliphatic rings. The van der Waals surface area contributed by atoms with E-state index in [4.69, 9.17) is 0 Å². The number of nitrogens with one attached hydrogen (secondary N) is 1. The van der Waals surface area contributed by atoms with Gasteiger partial charge in [-0.1, -0.05) is 43.0 Å². The van der Waals surface area contributed by atoms with E-state index in [0.717, 1.165) is 16.8 Å². The molecule has 0 aromatic heterocycles. The molecule has 0 bridgehead atoms. The monoisotopic (exact) mass is 351 g/mol. The summed E-state index contributed by atoms with van der Waals surface area (Å²) in [7, 11) is 0. The maximum absolute atomic E-state index is 12.9. The molecule has 0 spiro atoms. The molecule has 2 aromatic rings. The number of nitrogens with zero attached hydrogens (tertiary/aromatic N) is 2. The lowest BCUT2D eigenvalue weighted by atomic mass is 10.0. The van der Waals surface area contributed by atoms with Crippen LogP contribution >= 0.6 is 0 Å². The molecule has 3 rings (SSSR count). The Morgan fingerprint density at radius 1 is 0.962 bits per heavy atom. The van der Waals surface area contributed by atoms with Gasteiger partial charge in [0, 0.05) is 31.7 Å². The molecule has 2 aromatic carbocycles. The minimum absolute atomic E-state index is 0.0196. The maximum atomic E-state index is 12.9. The summed E-state index contributed by atoms with van der Waals surface area (Å²) in [6.45, 7) is 5.16. The zero-order chi connectivity index (χ0) is 18.5. The van der Waals surface area contributed by atoms with Crippen LogP contribution in [0.4, 0.5) is 0 Å². The Kier molecular flexibility index (Phi) is 5.31. The van der Waals surface area contributed by atoms with Gasteiger partial charge in [0.2, 0.25) is 11.8 Å². The Labute approximate surface area is 152 Å². The van der Waals surface area contributed by atoms with Crippen LogP contribution in [-0.2, 0) is 9.59 Å². The molecular formula is C20H21N3O3. The number of fused-ring (bicyclic) bond motifs is 1. The van der Waals surface area contributed by atoms with Crippen molar-refractivity contribution in [2.45, 2.75) is 0 Å². The molecule has 134 valence electrons. The first-order valence-electron chi connectivity index (χ1n) is 8.55. The Morgan fingerprint density at radius 3 is 2.35 bits per heavy atom. The number of benzene rings is 2. The number of carbonyl (C=O) groups is 3. The molecule has 1 fully saturated rings. The maximum Gasteiger partial charge on any atom is 0.254 e. The first kappa shape index (κ1) is 17.7. The number of carbonyl (C=O) groups excluding carboxylic acids is 3. The molecule has 0 unspecified atom stereocenters. The van der Waals surface area contributed by atoms with Gasteiger partial charge < -0.3 is 15.1 Å². The fraction of sp³-hybridized carbons (Fsp3) is 0.250. The zero-order valence-electron chi connectivity index (χ0n) is 14.5. The van der Waals surface area contributed by atoms with Crippen LogP contribution in [0.25, 0.3) is 10.8 Å². The predicted molar refractivity (Wildman–Crippen MR) is 99.6 cm³/mol. The van der Waals surface area contributed by atoms with Gasteiger partial charge in [-0.15, -0.1) is 0 Å². The summed E-state index contributed by atoms with van der Waals surface area (Å²) in [6, 6.07) is 13.5. The van der Waals surface area contributed by atoms with Gasteiger partial charge in [-0.25, -0.2) is 0 Å². The lowest BCUT2D eigenvalue weighted by molar-refractivity contribution is -0.133. The molecular weight excluding hydrogens is 330 g/mol. The Morgan fingerprint density at radius 2 is 1.62 bits per heavy atom. The van der Waals surface area contributed by atoms with Crippen LogP contribution in [0.15, 0.2) is 55.1 Å². The molecule has 1 saturated heterocycles. The van der Waals surface area contributed by atoms with Crippen molar-refractivity contribution in [1.82, 2.24) is 15.1 Å². The van der Waals surface area contributed by atoms with Gasteiger partial charge in [0.25, 0.3) is 5.91 Å². The lowest BCUT2D eigenvalue weighted by Gasteiger charge is -2.35. The van der Waals surface area contributed by atoms with Crippen LogP contribution in [0.5, 0.6) is 0 Å². The number of hydrogen-bond acceptors (Lipinski definition) is 3. The van der Waals surface area contributed by atoms with Crippen molar-refractivity contribution < 1.29 is 14.4 Å². The Balaban J connectivity index is 1.62. The molecule has 0 saturated carbocycles. The molecule has 6 heteroatoms. The molecule has 0 radical (unpaired) electrons. The highest BCUT2D eigenvalue weighted by atomic mass is 16.2. The summed E-state index contributed by atoms with van der Waals surface area (Å²) in [5.74, 6) is -0.547. The SMILES string of the molecule is C=CC(=O)NCC(=O)N1CCN(C(=O)c2cccc3ccccc23)CC1. The van der Waals surface area contributed by atoms with Gasteiger partial charge in [-0.05, 0) is 22.9 Å². The third kappa shape index (κ3) is 3.74. The first-order valence-corrected chi connectivity index (χ1v) is 8.55. The van der Waals surface area contributed by atoms with E-state index in [0.29, 0.717) is 31.7 Å². The zero-order valence-corrected chi connectivity index (χ0v) is 14.5. The molecule has 26 heavy (non-hydrogen) atoms. The van der Waals surface area contributed by atoms with Crippen LogP contribution in [0, 0.1) is 0 Å². The largest absolute Gasteiger partial charge is 0.343 e. The second kappa shape index (κ2) is 7.82. The quantitative estimate of drug-likeness (QED) is 0.847. The van der Waals surface area contributed by atoms with E-state index >= 15 is 0 Å². The average molecular weight is 351 g/mol. The second-order valence-electron chi connectivity index (χ2n) is 6.12. The minimum atomic E-state index is -0.372. The molecule has 3 amide bonds. The Hall–Kier alpha value is -3.15. The van der Waals surface area contributed by atoms with Crippen molar-refractivity contribution in [2.24, 2.45) is 0 Å². The highest BCUT2D eigenvalue weighted by Crippen LogP contribution is 2.20. The number of hydrogen-bond donors (Lipinski definition) is 1. The first-order chi connectivity index (χ1) is 12.6. The summed E-state index contributed by atoms with van der Waals surface area (Å²) < 4.78 is 0. The van der Waals surface area contributed by atoms with Crippen molar-refractivity contribution in [1.29, 1.82) is 0 Å². The van der Waals surface area contributed by atoms with Gasteiger partial charge in [-0.2, -0.15) is 0 Å². The summed E-state index contributed by atoms with van der Waals surface area (Å²) in [5.41, 5.74) is 0.682. The molecule has 0 atom stereocenters. The van der Waals surface area contributed by atoms with E-state index in [1.165, 1.54) is 0 Å². The predicted octanol–water partition coefficient (Wildman–Crippen LogP) is 1.43. The van der Waals surface area contributed by atoms with Crippen molar-refractivity contribution in [3.8, 4) is 0 Å². The van der Waals surface area contributed by atoms with E-state index in [2.05, 4.69) is 11.9 Å². The Bertz CT molecular complexity index is 849. The summed E-state index contributed by atoms with van der Waals surface area (Å²) in [5, 5.41) is 4.45. The fourth-order valence-corrected chi connectivity index (χ4v) is 3.09. The molecule has 1 aliphatic heterocycles. The smallest absolute Gasteiger partial charge is 0.254 e. The van der Waals surface area contributed by atoms with Crippen LogP contribution in [0.3, 0.4) is 0 Å². The van der Waals surface area contributed by atoms with Crippen LogP contribution < -0.4 is 5.32 Å². The van der Waals surface area contributed by atoms with Gasteiger partial charge in [0.15, 0.2) is 0 Å². The van der Waals surface area contributed by atoms with Crippen molar-refractivity contribution in [3.05, 3.63) is 60.7 Å².